The second-order valence-corrected chi connectivity index (χ2v) is 13.6. The molecule has 0 unspecified atom stereocenters. The van der Waals surface area contributed by atoms with Crippen molar-refractivity contribution < 1.29 is 28.1 Å². The van der Waals surface area contributed by atoms with Crippen LogP contribution in [0.25, 0.3) is 0 Å². The van der Waals surface area contributed by atoms with Gasteiger partial charge in [-0.3, -0.25) is 0 Å². The van der Waals surface area contributed by atoms with Crippen LogP contribution in [0.1, 0.15) is 52.9 Å². The molecular formula is C12H26OSiZr+2. The normalized spacial score (nSPS) is 11.9. The molecule has 0 rings (SSSR count). The molecule has 0 radical (unpaired) electrons. The average Bonchev–Trinajstić information content (AvgIpc) is 2.07. The van der Waals surface area contributed by atoms with Crippen molar-refractivity contribution in [1.82, 2.24) is 0 Å². The van der Waals surface area contributed by atoms with Crippen molar-refractivity contribution in [3.8, 4) is 0 Å². The summed E-state index contributed by atoms with van der Waals surface area (Å²) in [6.45, 7) is 9.76. The van der Waals surface area contributed by atoms with Crippen LogP contribution in [-0.2, 0) is 28.1 Å². The zero-order valence-corrected chi connectivity index (χ0v) is 14.3. The zero-order valence-electron chi connectivity index (χ0n) is 10.9. The Morgan fingerprint density at radius 2 is 1.53 bits per heavy atom. The van der Waals surface area contributed by atoms with E-state index in [1.165, 1.54) is 38.1 Å². The Morgan fingerprint density at radius 3 is 2.07 bits per heavy atom. The summed E-state index contributed by atoms with van der Waals surface area (Å²) in [4.78, 5) is 0. The van der Waals surface area contributed by atoms with Crippen LogP contribution in [-0.4, -0.2) is 17.6 Å². The first-order chi connectivity index (χ1) is 6.92. The summed E-state index contributed by atoms with van der Waals surface area (Å²) in [7, 11) is 0. The Morgan fingerprint density at radius 1 is 1.00 bits per heavy atom. The van der Waals surface area contributed by atoms with E-state index in [1.54, 1.807) is 23.3 Å². The van der Waals surface area contributed by atoms with Gasteiger partial charge < -0.3 is 0 Å². The predicted molar refractivity (Wildman–Crippen MR) is 65.2 cm³/mol. The van der Waals surface area contributed by atoms with E-state index in [0.29, 0.717) is 0 Å². The molecule has 0 saturated carbocycles. The Labute approximate surface area is 111 Å². The molecule has 0 spiro atoms. The van der Waals surface area contributed by atoms with E-state index >= 15 is 0 Å². The van der Waals surface area contributed by atoms with Crippen molar-refractivity contribution in [3.63, 3.8) is 0 Å². The van der Waals surface area contributed by atoms with Crippen LogP contribution in [0.4, 0.5) is 0 Å². The third kappa shape index (κ3) is 15.1. The summed E-state index contributed by atoms with van der Waals surface area (Å²) in [5.74, 6) is 0. The van der Waals surface area contributed by atoms with Gasteiger partial charge in [0.05, 0.1) is 0 Å². The van der Waals surface area contributed by atoms with Crippen LogP contribution < -0.4 is 0 Å². The molecule has 1 nitrogen and oxygen atoms in total. The van der Waals surface area contributed by atoms with Crippen LogP contribution in [0.15, 0.2) is 0 Å². The summed E-state index contributed by atoms with van der Waals surface area (Å²) in [5.41, 5.74) is 0.161. The number of ether oxygens (including phenoxy) is 1. The van der Waals surface area contributed by atoms with E-state index in [1.807, 2.05) is 0 Å². The van der Waals surface area contributed by atoms with Gasteiger partial charge in [-0.1, -0.05) is 0 Å². The maximum atomic E-state index is 5.68. The van der Waals surface area contributed by atoms with Gasteiger partial charge in [0.15, 0.2) is 0 Å². The van der Waals surface area contributed by atoms with Gasteiger partial charge in [-0.25, -0.2) is 0 Å². The van der Waals surface area contributed by atoms with E-state index in [0.717, 1.165) is 6.61 Å². The van der Waals surface area contributed by atoms with Crippen molar-refractivity contribution in [2.75, 3.05) is 6.61 Å². The molecule has 86 valence electrons. The van der Waals surface area contributed by atoms with E-state index in [9.17, 15) is 0 Å². The first-order valence-electron chi connectivity index (χ1n) is 6.10. The summed E-state index contributed by atoms with van der Waals surface area (Å²) < 4.78 is 5.68. The summed E-state index contributed by atoms with van der Waals surface area (Å²) in [6, 6.07) is 1.53. The molecule has 3 heteroatoms. The van der Waals surface area contributed by atoms with Gasteiger partial charge in [-0.15, -0.1) is 0 Å². The summed E-state index contributed by atoms with van der Waals surface area (Å²) in [5, 5.41) is 0. The number of hydrogen-bond acceptors (Lipinski definition) is 1. The first-order valence-corrected chi connectivity index (χ1v) is 12.0. The maximum absolute atomic E-state index is 5.68. The van der Waals surface area contributed by atoms with Crippen LogP contribution in [0.5, 0.6) is 0 Å². The molecule has 0 fully saturated rings. The van der Waals surface area contributed by atoms with Crippen molar-refractivity contribution in [2.24, 2.45) is 0 Å². The second kappa shape index (κ2) is 9.13. The van der Waals surface area contributed by atoms with E-state index < -0.39 is 0 Å². The van der Waals surface area contributed by atoms with E-state index in [-0.39, 0.29) is 11.0 Å². The van der Waals surface area contributed by atoms with Crippen molar-refractivity contribution in [2.45, 2.75) is 71.1 Å². The fourth-order valence-electron chi connectivity index (χ4n) is 1.40. The quantitative estimate of drug-likeness (QED) is 0.488. The van der Waals surface area contributed by atoms with E-state index in [2.05, 4.69) is 27.3 Å². The van der Waals surface area contributed by atoms with Gasteiger partial charge in [0.25, 0.3) is 0 Å². The zero-order chi connectivity index (χ0) is 11.7. The minimum absolute atomic E-state index is 0.0464. The molecule has 0 aliphatic heterocycles. The Hall–Kier alpha value is 1.06. The molecule has 0 aromatic heterocycles. The molecule has 0 heterocycles. The molecule has 0 amide bonds. The molecular weight excluding hydrogens is 279 g/mol. The van der Waals surface area contributed by atoms with Gasteiger partial charge >= 0.3 is 111 Å². The monoisotopic (exact) mass is 304 g/mol. The number of unbranched alkanes of at least 4 members (excludes halogenated alkanes) is 4. The predicted octanol–water partition coefficient (Wildman–Crippen LogP) is 3.92. The van der Waals surface area contributed by atoms with Gasteiger partial charge in [-0.05, 0) is 0 Å². The molecule has 0 bridgehead atoms. The summed E-state index contributed by atoms with van der Waals surface area (Å²) in [6.07, 6.45) is 6.89. The van der Waals surface area contributed by atoms with Crippen LogP contribution >= 0.6 is 0 Å². The van der Waals surface area contributed by atoms with Gasteiger partial charge in [0, 0.05) is 0 Å². The van der Waals surface area contributed by atoms with Crippen molar-refractivity contribution >= 4 is 5.43 Å². The fourth-order valence-corrected chi connectivity index (χ4v) is 3.48. The molecule has 0 saturated heterocycles. The fraction of sp³-hybridized carbons (Fsp3) is 1.00. The molecule has 0 atom stereocenters. The Kier molecular flexibility index (Phi) is 9.77. The molecule has 0 aromatic carbocycles. The standard InChI is InChI=1S/C12H26OSi.Zr/c1-12(2,3)13-10-8-6-5-7-9-11-14-4;/h5-11H2,1-4H3;/q;+2. The number of hydrogen-bond donors (Lipinski definition) is 0. The third-order valence-electron chi connectivity index (χ3n) is 2.23. The minimum atomic E-state index is 0.0464. The SMILES string of the molecule is C[Si](=[Zr+2])CCCCCCCOC(C)(C)C. The first kappa shape index (κ1) is 16.1. The molecule has 0 aliphatic rings. The van der Waals surface area contributed by atoms with Gasteiger partial charge in [-0.2, -0.15) is 0 Å². The van der Waals surface area contributed by atoms with Gasteiger partial charge in [0.2, 0.25) is 0 Å². The van der Waals surface area contributed by atoms with Crippen LogP contribution in [0.3, 0.4) is 0 Å². The summed E-state index contributed by atoms with van der Waals surface area (Å²) >= 11 is 1.80. The second-order valence-electron chi connectivity index (χ2n) is 5.26. The van der Waals surface area contributed by atoms with Crippen molar-refractivity contribution in [3.05, 3.63) is 0 Å². The average molecular weight is 306 g/mol. The molecule has 15 heavy (non-hydrogen) atoms. The van der Waals surface area contributed by atoms with Crippen LogP contribution in [0.2, 0.25) is 12.6 Å². The number of rotatable bonds is 8. The van der Waals surface area contributed by atoms with E-state index in [4.69, 9.17) is 4.74 Å². The van der Waals surface area contributed by atoms with Crippen LogP contribution in [0, 0.1) is 0 Å². The molecule has 0 aromatic rings. The Bertz CT molecular complexity index is 175. The Balaban J connectivity index is 3.09. The molecule has 0 aliphatic carbocycles. The third-order valence-corrected chi connectivity index (χ3v) is 5.18. The van der Waals surface area contributed by atoms with Gasteiger partial charge in [0.1, 0.15) is 0 Å². The van der Waals surface area contributed by atoms with Crippen molar-refractivity contribution in [1.29, 1.82) is 0 Å². The molecule has 0 N–H and O–H groups in total. The topological polar surface area (TPSA) is 9.23 Å².